The summed E-state index contributed by atoms with van der Waals surface area (Å²) in [5.41, 5.74) is 0. The summed E-state index contributed by atoms with van der Waals surface area (Å²) in [5.74, 6) is 0.639. The molecule has 2 saturated heterocycles. The van der Waals surface area contributed by atoms with Crippen LogP contribution in [-0.4, -0.2) is 73.0 Å². The molecule has 150 valence electrons. The van der Waals surface area contributed by atoms with Crippen LogP contribution in [0.5, 0.6) is 0 Å². The Kier molecular flexibility index (Phi) is 8.64. The van der Waals surface area contributed by atoms with Gasteiger partial charge in [0.25, 0.3) is 0 Å². The summed E-state index contributed by atoms with van der Waals surface area (Å²) < 4.78 is 0. The van der Waals surface area contributed by atoms with Crippen LogP contribution in [0, 0.1) is 5.92 Å². The van der Waals surface area contributed by atoms with Gasteiger partial charge < -0.3 is 15.5 Å². The van der Waals surface area contributed by atoms with Crippen molar-refractivity contribution in [2.24, 2.45) is 5.92 Å². The smallest absolute Gasteiger partial charge is 0.244 e. The molecule has 2 amide bonds. The number of piperazine rings is 1. The number of carbonyl (C=O) groups is 2. The fourth-order valence-corrected chi connectivity index (χ4v) is 4.58. The maximum atomic E-state index is 12.7. The number of nitrogens with one attached hydrogen (secondary N) is 2. The number of hydrogen-bond donors (Lipinski definition) is 2. The minimum atomic E-state index is -0.405. The van der Waals surface area contributed by atoms with E-state index in [0.29, 0.717) is 18.4 Å². The number of nitrogens with zero attached hydrogens (tertiary/aromatic N) is 2. The first kappa shape index (κ1) is 21.5. The van der Waals surface area contributed by atoms with Crippen LogP contribution in [0.1, 0.15) is 51.9 Å². The van der Waals surface area contributed by atoms with Crippen LogP contribution in [0.3, 0.4) is 0 Å². The van der Waals surface area contributed by atoms with Crippen LogP contribution < -0.4 is 10.6 Å². The van der Waals surface area contributed by atoms with Gasteiger partial charge in [0.15, 0.2) is 0 Å². The highest BCUT2D eigenvalue weighted by Crippen LogP contribution is 2.26. The molecule has 0 bridgehead atoms. The molecule has 0 aromatic carbocycles. The summed E-state index contributed by atoms with van der Waals surface area (Å²) in [5, 5.41) is 6.32. The minimum absolute atomic E-state index is 0. The maximum absolute atomic E-state index is 12.7. The first-order valence-corrected chi connectivity index (χ1v) is 10.2. The van der Waals surface area contributed by atoms with Crippen LogP contribution in [0.2, 0.25) is 0 Å². The van der Waals surface area contributed by atoms with Crippen LogP contribution >= 0.6 is 12.4 Å². The van der Waals surface area contributed by atoms with Gasteiger partial charge in [0.05, 0.1) is 0 Å². The summed E-state index contributed by atoms with van der Waals surface area (Å²) in [4.78, 5) is 29.4. The fraction of sp³-hybridized carbons (Fsp3) is 0.895. The molecule has 0 spiro atoms. The normalized spacial score (nSPS) is 26.2. The molecule has 2 heterocycles. The van der Waals surface area contributed by atoms with E-state index in [-0.39, 0.29) is 24.2 Å². The van der Waals surface area contributed by atoms with Crippen LogP contribution in [-0.2, 0) is 9.59 Å². The van der Waals surface area contributed by atoms with Crippen molar-refractivity contribution in [3.05, 3.63) is 0 Å². The quantitative estimate of drug-likeness (QED) is 0.749. The van der Waals surface area contributed by atoms with E-state index in [1.54, 1.807) is 0 Å². The van der Waals surface area contributed by atoms with Gasteiger partial charge in [0, 0.05) is 51.7 Å². The molecule has 3 fully saturated rings. The first-order valence-electron chi connectivity index (χ1n) is 10.2. The zero-order valence-electron chi connectivity index (χ0n) is 16.0. The van der Waals surface area contributed by atoms with Gasteiger partial charge in [-0.25, -0.2) is 0 Å². The van der Waals surface area contributed by atoms with Gasteiger partial charge in [0.2, 0.25) is 11.8 Å². The molecule has 0 aromatic rings. The lowest BCUT2D eigenvalue weighted by Crippen LogP contribution is -2.51. The minimum Gasteiger partial charge on any atom is -0.345 e. The van der Waals surface area contributed by atoms with E-state index in [1.165, 1.54) is 19.3 Å². The van der Waals surface area contributed by atoms with Gasteiger partial charge in [-0.1, -0.05) is 19.3 Å². The molecule has 0 radical (unpaired) electrons. The molecule has 2 aliphatic heterocycles. The second-order valence-electron chi connectivity index (χ2n) is 8.01. The Morgan fingerprint density at radius 1 is 1.08 bits per heavy atom. The molecule has 3 aliphatic rings. The van der Waals surface area contributed by atoms with Crippen molar-refractivity contribution >= 4 is 24.2 Å². The molecule has 6 nitrogen and oxygen atoms in total. The van der Waals surface area contributed by atoms with E-state index in [9.17, 15) is 9.59 Å². The molecule has 2 unspecified atom stereocenters. The molecule has 7 heteroatoms. The maximum Gasteiger partial charge on any atom is 0.244 e. The van der Waals surface area contributed by atoms with Crippen molar-refractivity contribution in [1.29, 1.82) is 0 Å². The predicted octanol–water partition coefficient (Wildman–Crippen LogP) is 1.39. The predicted molar refractivity (Wildman–Crippen MR) is 105 cm³/mol. The Balaban J connectivity index is 0.00000243. The zero-order chi connectivity index (χ0) is 17.6. The summed E-state index contributed by atoms with van der Waals surface area (Å²) in [7, 11) is 0. The van der Waals surface area contributed by atoms with Crippen LogP contribution in [0.25, 0.3) is 0 Å². The highest BCUT2D eigenvalue weighted by molar-refractivity contribution is 5.87. The second-order valence-corrected chi connectivity index (χ2v) is 8.01. The molecule has 0 aromatic heterocycles. The highest BCUT2D eigenvalue weighted by atomic mass is 35.5. The third kappa shape index (κ3) is 5.83. The number of likely N-dealkylation sites (tertiary alicyclic amines) is 1. The van der Waals surface area contributed by atoms with E-state index in [1.807, 2.05) is 11.8 Å². The van der Waals surface area contributed by atoms with Gasteiger partial charge in [-0.2, -0.15) is 0 Å². The summed E-state index contributed by atoms with van der Waals surface area (Å²) in [6.07, 6.45) is 7.75. The topological polar surface area (TPSA) is 64.7 Å². The third-order valence-corrected chi connectivity index (χ3v) is 6.09. The second kappa shape index (κ2) is 10.5. The van der Waals surface area contributed by atoms with Crippen LogP contribution in [0.15, 0.2) is 0 Å². The van der Waals surface area contributed by atoms with Crippen LogP contribution in [0.4, 0.5) is 0 Å². The van der Waals surface area contributed by atoms with E-state index < -0.39 is 6.04 Å². The fourth-order valence-electron chi connectivity index (χ4n) is 4.58. The van der Waals surface area contributed by atoms with Crippen molar-refractivity contribution in [1.82, 2.24) is 20.4 Å². The van der Waals surface area contributed by atoms with Crippen molar-refractivity contribution in [3.8, 4) is 0 Å². The van der Waals surface area contributed by atoms with Crippen molar-refractivity contribution in [2.45, 2.75) is 64.0 Å². The third-order valence-electron chi connectivity index (χ3n) is 6.09. The Morgan fingerprint density at radius 2 is 1.77 bits per heavy atom. The number of halogens is 1. The van der Waals surface area contributed by atoms with Crippen molar-refractivity contribution < 1.29 is 9.59 Å². The van der Waals surface area contributed by atoms with Gasteiger partial charge in [0.1, 0.15) is 6.04 Å². The SMILES string of the molecule is CC(NC(=O)CC1CCCCC1)C(=O)N1CCC(N2CCNCC2)C1.Cl. The van der Waals surface area contributed by atoms with E-state index in [4.69, 9.17) is 0 Å². The van der Waals surface area contributed by atoms with Gasteiger partial charge >= 0.3 is 0 Å². The number of rotatable bonds is 5. The van der Waals surface area contributed by atoms with Gasteiger partial charge in [-0.05, 0) is 32.1 Å². The number of hydrogen-bond acceptors (Lipinski definition) is 4. The Bertz CT molecular complexity index is 464. The lowest BCUT2D eigenvalue weighted by molar-refractivity contribution is -0.135. The summed E-state index contributed by atoms with van der Waals surface area (Å²) in [6, 6.07) is 0.0778. The van der Waals surface area contributed by atoms with E-state index in [2.05, 4.69) is 15.5 Å². The monoisotopic (exact) mass is 386 g/mol. The molecule has 2 N–H and O–H groups in total. The zero-order valence-corrected chi connectivity index (χ0v) is 16.9. The largest absolute Gasteiger partial charge is 0.345 e. The highest BCUT2D eigenvalue weighted by Gasteiger charge is 2.33. The molecule has 1 aliphatic carbocycles. The van der Waals surface area contributed by atoms with Crippen molar-refractivity contribution in [2.75, 3.05) is 39.3 Å². The first-order chi connectivity index (χ1) is 12.1. The Hall–Kier alpha value is -0.850. The van der Waals surface area contributed by atoms with Gasteiger partial charge in [-0.3, -0.25) is 14.5 Å². The summed E-state index contributed by atoms with van der Waals surface area (Å²) in [6.45, 7) is 7.67. The average Bonchev–Trinajstić information content (AvgIpc) is 3.12. The molecule has 3 rings (SSSR count). The lowest BCUT2D eigenvalue weighted by Gasteiger charge is -2.32. The standard InChI is InChI=1S/C19H34N4O2.ClH/c1-15(21-18(24)13-16-5-3-2-4-6-16)19(25)23-10-7-17(14-23)22-11-8-20-9-12-22;/h15-17,20H,2-14H2,1H3,(H,21,24);1H. The molecule has 2 atom stereocenters. The van der Waals surface area contributed by atoms with Gasteiger partial charge in [-0.15, -0.1) is 12.4 Å². The Labute approximate surface area is 163 Å². The number of amides is 2. The Morgan fingerprint density at radius 3 is 2.46 bits per heavy atom. The molecular weight excluding hydrogens is 352 g/mol. The van der Waals surface area contributed by atoms with Crippen molar-refractivity contribution in [3.63, 3.8) is 0 Å². The molecule has 26 heavy (non-hydrogen) atoms. The van der Waals surface area contributed by atoms with E-state index in [0.717, 1.165) is 58.5 Å². The lowest BCUT2D eigenvalue weighted by atomic mass is 9.87. The average molecular weight is 387 g/mol. The molecule has 1 saturated carbocycles. The molecular formula is C19H35ClN4O2. The van der Waals surface area contributed by atoms with E-state index >= 15 is 0 Å². The summed E-state index contributed by atoms with van der Waals surface area (Å²) >= 11 is 0. The number of carbonyl (C=O) groups excluding carboxylic acids is 2.